The van der Waals surface area contributed by atoms with Crippen molar-refractivity contribution in [2.45, 2.75) is 71.1 Å². The maximum absolute atomic E-state index is 13.5. The summed E-state index contributed by atoms with van der Waals surface area (Å²) < 4.78 is 8.58. The van der Waals surface area contributed by atoms with Crippen molar-refractivity contribution < 1.29 is 9.53 Å². The van der Waals surface area contributed by atoms with Crippen LogP contribution in [0.25, 0.3) is 5.65 Å². The molecule has 9 heteroatoms. The molecule has 0 unspecified atom stereocenters. The Hall–Kier alpha value is -2.40. The summed E-state index contributed by atoms with van der Waals surface area (Å²) in [5.41, 5.74) is 7.62. The molecule has 0 aliphatic heterocycles. The first-order chi connectivity index (χ1) is 15.6. The number of fused-ring (bicyclic) bond motifs is 1. The third-order valence-electron chi connectivity index (χ3n) is 5.73. The van der Waals surface area contributed by atoms with Crippen LogP contribution < -0.4 is 16.0 Å². The molecule has 3 aromatic rings. The van der Waals surface area contributed by atoms with Crippen LogP contribution in [0.2, 0.25) is 0 Å². The van der Waals surface area contributed by atoms with E-state index in [-0.39, 0.29) is 6.04 Å². The first kappa shape index (κ1) is 23.7. The van der Waals surface area contributed by atoms with E-state index in [0.717, 1.165) is 40.6 Å². The number of carbonyl (C=O) groups is 1. The number of halogens is 1. The Bertz CT molecular complexity index is 1130. The molecule has 0 saturated heterocycles. The average molecular weight is 562 g/mol. The van der Waals surface area contributed by atoms with E-state index in [1.807, 2.05) is 58.0 Å². The number of ether oxygens (including phenoxy) is 1. The fourth-order valence-electron chi connectivity index (χ4n) is 4.08. The van der Waals surface area contributed by atoms with Gasteiger partial charge in [-0.15, -0.1) is 0 Å². The molecular formula is C24H31IN6O2. The van der Waals surface area contributed by atoms with Crippen LogP contribution in [0.4, 0.5) is 22.1 Å². The summed E-state index contributed by atoms with van der Waals surface area (Å²) in [6, 6.07) is 10.2. The van der Waals surface area contributed by atoms with Gasteiger partial charge >= 0.3 is 6.09 Å². The number of anilines is 3. The highest BCUT2D eigenvalue weighted by Crippen LogP contribution is 2.35. The lowest BCUT2D eigenvalue weighted by Crippen LogP contribution is -2.36. The molecule has 1 fully saturated rings. The van der Waals surface area contributed by atoms with Crippen molar-refractivity contribution in [1.29, 1.82) is 0 Å². The van der Waals surface area contributed by atoms with E-state index in [1.165, 1.54) is 0 Å². The number of nitrogens with one attached hydrogen (secondary N) is 1. The lowest BCUT2D eigenvalue weighted by atomic mass is 9.92. The molecule has 176 valence electrons. The van der Waals surface area contributed by atoms with Crippen molar-refractivity contribution >= 4 is 51.7 Å². The monoisotopic (exact) mass is 562 g/mol. The minimum absolute atomic E-state index is 0.272. The topological polar surface area (TPSA) is 97.8 Å². The van der Waals surface area contributed by atoms with Crippen molar-refractivity contribution in [1.82, 2.24) is 14.6 Å². The van der Waals surface area contributed by atoms with Crippen LogP contribution in [-0.2, 0) is 4.74 Å². The maximum Gasteiger partial charge on any atom is 0.420 e. The molecule has 0 radical (unpaired) electrons. The minimum atomic E-state index is -0.648. The lowest BCUT2D eigenvalue weighted by Gasteiger charge is -2.31. The van der Waals surface area contributed by atoms with Gasteiger partial charge in [0.15, 0.2) is 11.5 Å². The highest BCUT2D eigenvalue weighted by molar-refractivity contribution is 14.1. The zero-order valence-electron chi connectivity index (χ0n) is 19.5. The second-order valence-electron chi connectivity index (χ2n) is 9.56. The highest BCUT2D eigenvalue weighted by atomic mass is 127. The largest absolute Gasteiger partial charge is 0.443 e. The molecule has 0 atom stereocenters. The number of nitrogens with zero attached hydrogens (tertiary/aromatic N) is 4. The van der Waals surface area contributed by atoms with Crippen LogP contribution >= 0.6 is 22.6 Å². The smallest absolute Gasteiger partial charge is 0.420 e. The minimum Gasteiger partial charge on any atom is -0.443 e. The Balaban J connectivity index is 1.82. The van der Waals surface area contributed by atoms with E-state index in [9.17, 15) is 4.79 Å². The van der Waals surface area contributed by atoms with E-state index in [4.69, 9.17) is 15.5 Å². The van der Waals surface area contributed by atoms with Crippen molar-refractivity contribution in [3.63, 3.8) is 0 Å². The predicted octanol–water partition coefficient (Wildman–Crippen LogP) is 5.40. The molecule has 1 aromatic carbocycles. The molecule has 4 rings (SSSR count). The molecule has 0 bridgehead atoms. The molecule has 1 aliphatic rings. The van der Waals surface area contributed by atoms with Gasteiger partial charge in [-0.1, -0.05) is 0 Å². The zero-order chi connectivity index (χ0) is 23.8. The number of rotatable bonds is 4. The van der Waals surface area contributed by atoms with Crippen molar-refractivity contribution in [2.24, 2.45) is 5.73 Å². The summed E-state index contributed by atoms with van der Waals surface area (Å²) in [7, 11) is 0. The summed E-state index contributed by atoms with van der Waals surface area (Å²) in [6.45, 7) is 7.55. The van der Waals surface area contributed by atoms with E-state index >= 15 is 0 Å². The molecule has 8 nitrogen and oxygen atoms in total. The van der Waals surface area contributed by atoms with E-state index in [2.05, 4.69) is 33.0 Å². The van der Waals surface area contributed by atoms with Gasteiger partial charge < -0.3 is 15.8 Å². The van der Waals surface area contributed by atoms with Gasteiger partial charge in [0, 0.05) is 27.3 Å². The van der Waals surface area contributed by atoms with Crippen molar-refractivity contribution in [2.75, 3.05) is 10.2 Å². The summed E-state index contributed by atoms with van der Waals surface area (Å²) in [5, 5.41) is 8.09. The molecule has 0 spiro atoms. The average Bonchev–Trinajstić information content (AvgIpc) is 3.20. The van der Waals surface area contributed by atoms with Gasteiger partial charge in [0.1, 0.15) is 11.4 Å². The van der Waals surface area contributed by atoms with Gasteiger partial charge in [0.25, 0.3) is 0 Å². The molecule has 1 aliphatic carbocycles. The van der Waals surface area contributed by atoms with Crippen LogP contribution in [0, 0.1) is 10.5 Å². The van der Waals surface area contributed by atoms with Gasteiger partial charge in [-0.3, -0.25) is 0 Å². The maximum atomic E-state index is 13.5. The van der Waals surface area contributed by atoms with Crippen LogP contribution in [0.1, 0.15) is 52.0 Å². The first-order valence-corrected chi connectivity index (χ1v) is 12.4. The van der Waals surface area contributed by atoms with E-state index in [0.29, 0.717) is 23.2 Å². The van der Waals surface area contributed by atoms with E-state index in [1.54, 1.807) is 15.6 Å². The van der Waals surface area contributed by atoms with Crippen LogP contribution in [0.15, 0.2) is 36.5 Å². The Morgan fingerprint density at radius 1 is 1.18 bits per heavy atom. The van der Waals surface area contributed by atoms with Gasteiger partial charge in [0.05, 0.1) is 11.9 Å². The molecule has 33 heavy (non-hydrogen) atoms. The van der Waals surface area contributed by atoms with Crippen LogP contribution in [0.5, 0.6) is 0 Å². The van der Waals surface area contributed by atoms with Gasteiger partial charge in [-0.05, 0) is 100 Å². The zero-order valence-corrected chi connectivity index (χ0v) is 21.7. The summed E-state index contributed by atoms with van der Waals surface area (Å²) in [5.74, 6) is 1.35. The second kappa shape index (κ2) is 9.46. The number of amides is 1. The predicted molar refractivity (Wildman–Crippen MR) is 139 cm³/mol. The first-order valence-electron chi connectivity index (χ1n) is 11.3. The van der Waals surface area contributed by atoms with Gasteiger partial charge in [0.2, 0.25) is 0 Å². The van der Waals surface area contributed by atoms with Gasteiger partial charge in [-0.2, -0.15) is 9.61 Å². The van der Waals surface area contributed by atoms with Crippen LogP contribution in [-0.4, -0.2) is 38.4 Å². The summed E-state index contributed by atoms with van der Waals surface area (Å²) in [4.78, 5) is 19.9. The third kappa shape index (κ3) is 5.40. The molecule has 1 saturated carbocycles. The Labute approximate surface area is 208 Å². The SMILES string of the molecule is Cc1c(N[C@H]2CC[C@H](N)CC2)nc2ccnn2c1N(C(=O)OC(C)(C)C)c1ccc(I)cc1. The van der Waals surface area contributed by atoms with E-state index < -0.39 is 11.7 Å². The summed E-state index contributed by atoms with van der Waals surface area (Å²) >= 11 is 2.25. The normalized spacial score (nSPS) is 18.8. The number of aromatic nitrogens is 3. The van der Waals surface area contributed by atoms with Crippen molar-refractivity contribution in [3.05, 3.63) is 45.7 Å². The standard InChI is InChI=1S/C24H31IN6O2/c1-15-21(28-18-9-7-17(26)8-10-18)29-20-13-14-27-31(20)22(15)30(23(32)33-24(2,3)4)19-11-5-16(25)6-12-19/h5-6,11-14,17-18H,7-10,26H2,1-4H3,(H,28,29)/t17-,18-. The number of nitrogens with two attached hydrogens (primary N) is 1. The Morgan fingerprint density at radius 3 is 2.48 bits per heavy atom. The fraction of sp³-hybridized carbons (Fsp3) is 0.458. The molecule has 2 heterocycles. The summed E-state index contributed by atoms with van der Waals surface area (Å²) in [6.07, 6.45) is 5.19. The number of hydrogen-bond donors (Lipinski definition) is 2. The van der Waals surface area contributed by atoms with Gasteiger partial charge in [-0.25, -0.2) is 14.7 Å². The number of benzene rings is 1. The molecule has 2 aromatic heterocycles. The Morgan fingerprint density at radius 2 is 1.85 bits per heavy atom. The molecular weight excluding hydrogens is 531 g/mol. The third-order valence-corrected chi connectivity index (χ3v) is 6.44. The lowest BCUT2D eigenvalue weighted by molar-refractivity contribution is 0.0597. The quantitative estimate of drug-likeness (QED) is 0.414. The number of carbonyl (C=O) groups excluding carboxylic acids is 1. The molecule has 1 amide bonds. The molecule has 3 N–H and O–H groups in total. The van der Waals surface area contributed by atoms with Crippen LogP contribution in [0.3, 0.4) is 0 Å². The number of hydrogen-bond acceptors (Lipinski definition) is 6. The Kier molecular flexibility index (Phi) is 6.81. The fourth-order valence-corrected chi connectivity index (χ4v) is 4.44. The second-order valence-corrected chi connectivity index (χ2v) is 10.8. The highest BCUT2D eigenvalue weighted by Gasteiger charge is 2.30. The van der Waals surface area contributed by atoms with Crippen molar-refractivity contribution in [3.8, 4) is 0 Å².